The van der Waals surface area contributed by atoms with Gasteiger partial charge in [0.15, 0.2) is 5.76 Å². The number of aliphatic hydroxyl groups excluding tert-OH is 5. The van der Waals surface area contributed by atoms with Gasteiger partial charge in [-0.05, 0) is 0 Å². The van der Waals surface area contributed by atoms with Gasteiger partial charge in [0.05, 0.1) is 13.2 Å². The van der Waals surface area contributed by atoms with Crippen molar-refractivity contribution in [2.75, 3.05) is 19.8 Å². The van der Waals surface area contributed by atoms with E-state index in [-0.39, 0.29) is 6.61 Å². The van der Waals surface area contributed by atoms with Gasteiger partial charge in [0, 0.05) is 0 Å². The summed E-state index contributed by atoms with van der Waals surface area (Å²) >= 11 is 0. The lowest BCUT2D eigenvalue weighted by Crippen LogP contribution is -2.57. The maximum absolute atomic E-state index is 12.0. The molecular weight excluding hydrogens is 288 g/mol. The van der Waals surface area contributed by atoms with Crippen molar-refractivity contribution in [2.45, 2.75) is 17.8 Å². The van der Waals surface area contributed by atoms with Crippen LogP contribution in [0.1, 0.15) is 0 Å². The quantitative estimate of drug-likeness (QED) is 0.242. The van der Waals surface area contributed by atoms with Crippen molar-refractivity contribution in [1.29, 1.82) is 0 Å². The van der Waals surface area contributed by atoms with Gasteiger partial charge in [-0.3, -0.25) is 4.79 Å². The van der Waals surface area contributed by atoms with Gasteiger partial charge in [0.25, 0.3) is 5.60 Å². The monoisotopic (exact) mass is 304 g/mol. The molecule has 1 heterocycles. The minimum atomic E-state index is -2.73. The van der Waals surface area contributed by atoms with E-state index in [9.17, 15) is 24.9 Å². The lowest BCUT2D eigenvalue weighted by Gasteiger charge is -2.31. The predicted molar refractivity (Wildman–Crippen MR) is 65.8 cm³/mol. The highest BCUT2D eigenvalue weighted by Gasteiger charge is 2.61. The van der Waals surface area contributed by atoms with Crippen LogP contribution >= 0.6 is 0 Å². The number of esters is 1. The van der Waals surface area contributed by atoms with Crippen LogP contribution in [0.15, 0.2) is 24.2 Å². The number of Topliss-reactive ketones (excluding diaryl/α,β-unsaturated/α-hetero) is 1. The molecular formula is C12H16O9. The van der Waals surface area contributed by atoms with Crippen molar-refractivity contribution in [3.63, 3.8) is 0 Å². The topological polar surface area (TPSA) is 154 Å². The number of rotatable bonds is 8. The van der Waals surface area contributed by atoms with Crippen LogP contribution in [0.5, 0.6) is 0 Å². The molecule has 0 saturated heterocycles. The van der Waals surface area contributed by atoms with Gasteiger partial charge in [-0.2, -0.15) is 0 Å². The van der Waals surface area contributed by atoms with Gasteiger partial charge in [-0.25, -0.2) is 4.79 Å². The molecule has 0 spiro atoms. The van der Waals surface area contributed by atoms with Crippen molar-refractivity contribution in [2.24, 2.45) is 0 Å². The Hall–Kier alpha value is -1.94. The van der Waals surface area contributed by atoms with Crippen LogP contribution in [0, 0.1) is 0 Å². The second-order valence-electron chi connectivity index (χ2n) is 4.16. The summed E-state index contributed by atoms with van der Waals surface area (Å²) in [7, 11) is 0. The van der Waals surface area contributed by atoms with Crippen LogP contribution in [0.2, 0.25) is 0 Å². The first-order valence-corrected chi connectivity index (χ1v) is 5.89. The third kappa shape index (κ3) is 2.76. The molecule has 21 heavy (non-hydrogen) atoms. The summed E-state index contributed by atoms with van der Waals surface area (Å²) in [6.45, 7) is 1.03. The summed E-state index contributed by atoms with van der Waals surface area (Å²) in [4.78, 5) is 23.7. The number of carbonyl (C=O) groups excluding carboxylic acids is 2. The van der Waals surface area contributed by atoms with Crippen molar-refractivity contribution < 1.29 is 44.6 Å². The maximum Gasteiger partial charge on any atom is 0.379 e. The fourth-order valence-electron chi connectivity index (χ4n) is 1.79. The Balaban J connectivity index is 3.33. The maximum atomic E-state index is 12.0. The molecule has 9 nitrogen and oxygen atoms in total. The van der Waals surface area contributed by atoms with Gasteiger partial charge < -0.3 is 35.0 Å². The summed E-state index contributed by atoms with van der Waals surface area (Å²) in [5.41, 5.74) is -2.73. The van der Waals surface area contributed by atoms with E-state index in [4.69, 9.17) is 14.9 Å². The normalized spacial score (nSPS) is 24.5. The first-order valence-electron chi connectivity index (χ1n) is 5.89. The summed E-state index contributed by atoms with van der Waals surface area (Å²) in [5.74, 6) is -4.50. The number of ketones is 1. The van der Waals surface area contributed by atoms with Gasteiger partial charge in [0.2, 0.25) is 11.5 Å². The van der Waals surface area contributed by atoms with Crippen LogP contribution in [0.3, 0.4) is 0 Å². The lowest BCUT2D eigenvalue weighted by atomic mass is 9.87. The number of hydrogen-bond donors (Lipinski definition) is 5. The Morgan fingerprint density at radius 3 is 2.48 bits per heavy atom. The third-order valence-corrected chi connectivity index (χ3v) is 2.84. The number of hydrogen-bond acceptors (Lipinski definition) is 9. The predicted octanol–water partition coefficient (Wildman–Crippen LogP) is -2.47. The molecule has 3 atom stereocenters. The smallest absolute Gasteiger partial charge is 0.379 e. The number of aliphatic hydroxyl groups is 5. The molecule has 0 aliphatic carbocycles. The van der Waals surface area contributed by atoms with Crippen LogP contribution in [-0.4, -0.2) is 74.9 Å². The molecule has 118 valence electrons. The number of ether oxygens (including phenoxy) is 2. The van der Waals surface area contributed by atoms with E-state index in [1.54, 1.807) is 0 Å². The highest BCUT2D eigenvalue weighted by Crippen LogP contribution is 2.36. The minimum Gasteiger partial charge on any atom is -0.504 e. The van der Waals surface area contributed by atoms with Crippen molar-refractivity contribution in [3.05, 3.63) is 24.2 Å². The zero-order valence-corrected chi connectivity index (χ0v) is 10.9. The van der Waals surface area contributed by atoms with Crippen LogP contribution in [0.4, 0.5) is 0 Å². The summed E-state index contributed by atoms with van der Waals surface area (Å²) in [5, 5.41) is 46.9. The Morgan fingerprint density at radius 1 is 1.38 bits per heavy atom. The molecule has 0 saturated carbocycles. The fourth-order valence-corrected chi connectivity index (χ4v) is 1.79. The highest BCUT2D eigenvalue weighted by atomic mass is 16.6. The average Bonchev–Trinajstić information content (AvgIpc) is 2.74. The molecule has 5 N–H and O–H groups in total. The number of carbonyl (C=O) groups is 2. The van der Waals surface area contributed by atoms with Gasteiger partial charge >= 0.3 is 5.97 Å². The van der Waals surface area contributed by atoms with Gasteiger partial charge in [-0.15, -0.1) is 0 Å². The number of cyclic esters (lactones) is 1. The van der Waals surface area contributed by atoms with Crippen molar-refractivity contribution >= 4 is 11.8 Å². The Kier molecular flexibility index (Phi) is 5.44. The van der Waals surface area contributed by atoms with Crippen LogP contribution in [0.25, 0.3) is 0 Å². The molecule has 0 fully saturated rings. The molecule has 1 rings (SSSR count). The minimum absolute atomic E-state index is 0.198. The lowest BCUT2D eigenvalue weighted by molar-refractivity contribution is -0.178. The largest absolute Gasteiger partial charge is 0.504 e. The molecule has 0 bridgehead atoms. The molecule has 9 heteroatoms. The Labute approximate surface area is 119 Å². The SMILES string of the molecule is C=CCOC1=C(O)[C@@](C(=O)C(O)CO)([C@@H](O)CO)OC1=O. The van der Waals surface area contributed by atoms with E-state index in [0.717, 1.165) is 0 Å². The van der Waals surface area contributed by atoms with Crippen LogP contribution in [-0.2, 0) is 19.1 Å². The zero-order valence-electron chi connectivity index (χ0n) is 10.9. The fraction of sp³-hybridized carbons (Fsp3) is 0.500. The van der Waals surface area contributed by atoms with Gasteiger partial charge in [-0.1, -0.05) is 12.7 Å². The molecule has 1 aliphatic rings. The van der Waals surface area contributed by atoms with Crippen LogP contribution < -0.4 is 0 Å². The Bertz CT molecular complexity index is 469. The van der Waals surface area contributed by atoms with E-state index in [1.807, 2.05) is 0 Å². The Morgan fingerprint density at radius 2 is 2.00 bits per heavy atom. The molecule has 0 aromatic rings. The van der Waals surface area contributed by atoms with E-state index < -0.39 is 54.3 Å². The molecule has 0 aromatic carbocycles. The molecule has 0 radical (unpaired) electrons. The summed E-state index contributed by atoms with van der Waals surface area (Å²) in [6.07, 6.45) is -2.85. The zero-order chi connectivity index (χ0) is 16.2. The first-order chi connectivity index (χ1) is 9.86. The van der Waals surface area contributed by atoms with E-state index in [0.29, 0.717) is 0 Å². The third-order valence-electron chi connectivity index (χ3n) is 2.84. The molecule has 0 amide bonds. The van der Waals surface area contributed by atoms with Gasteiger partial charge in [0.1, 0.15) is 18.8 Å². The first kappa shape index (κ1) is 17.1. The molecule has 0 aromatic heterocycles. The second-order valence-corrected chi connectivity index (χ2v) is 4.16. The van der Waals surface area contributed by atoms with E-state index >= 15 is 0 Å². The van der Waals surface area contributed by atoms with Crippen molar-refractivity contribution in [1.82, 2.24) is 0 Å². The molecule has 1 unspecified atom stereocenters. The van der Waals surface area contributed by atoms with Crippen molar-refractivity contribution in [3.8, 4) is 0 Å². The average molecular weight is 304 g/mol. The summed E-state index contributed by atoms with van der Waals surface area (Å²) < 4.78 is 9.49. The molecule has 1 aliphatic heterocycles. The van der Waals surface area contributed by atoms with E-state index in [2.05, 4.69) is 11.3 Å². The highest BCUT2D eigenvalue weighted by molar-refractivity contribution is 6.03. The van der Waals surface area contributed by atoms with E-state index in [1.165, 1.54) is 6.08 Å². The summed E-state index contributed by atoms with van der Waals surface area (Å²) in [6, 6.07) is 0. The second kappa shape index (κ2) is 6.68. The standard InChI is InChI=1S/C12H16O9/c1-2-3-20-8-10(18)12(7(16)5-14,21-11(8)19)9(17)6(15)4-13/h2,6-7,13-16,18H,1,3-5H2/t6?,7-,12-/m0/s1.